The van der Waals surface area contributed by atoms with Gasteiger partial charge in [0.1, 0.15) is 0 Å². The minimum atomic E-state index is -0.339. The number of rotatable bonds is 1. The van der Waals surface area contributed by atoms with E-state index >= 15 is 0 Å². The van der Waals surface area contributed by atoms with Gasteiger partial charge in [-0.25, -0.2) is 9.95 Å². The number of aromatic nitrogens is 1. The van der Waals surface area contributed by atoms with E-state index < -0.39 is 0 Å². The fraction of sp³-hybridized carbons (Fsp3) is 0.125. The molecule has 0 spiro atoms. The molecule has 0 aliphatic carbocycles. The molecule has 0 amide bonds. The van der Waals surface area contributed by atoms with Gasteiger partial charge in [0, 0.05) is 15.8 Å². The smallest absolute Gasteiger partial charge is 0.339 e. The van der Waals surface area contributed by atoms with Gasteiger partial charge in [-0.3, -0.25) is 0 Å². The Morgan fingerprint density at radius 3 is 2.83 bits per heavy atom. The minimum Gasteiger partial charge on any atom is -0.339 e. The molecule has 2 rings (SSSR count). The lowest BCUT2D eigenvalue weighted by molar-refractivity contribution is 0.394. The summed E-state index contributed by atoms with van der Waals surface area (Å²) < 4.78 is 4.55. The predicted molar refractivity (Wildman–Crippen MR) is 47.4 cm³/mol. The highest BCUT2D eigenvalue weighted by molar-refractivity contribution is 7.10. The zero-order valence-electron chi connectivity index (χ0n) is 6.46. The quantitative estimate of drug-likeness (QED) is 0.731. The molecule has 0 radical (unpaired) electrons. The second kappa shape index (κ2) is 2.64. The molecule has 1 N–H and O–H groups in total. The summed E-state index contributed by atoms with van der Waals surface area (Å²) in [7, 11) is 0. The van der Waals surface area contributed by atoms with Crippen LogP contribution in [0.3, 0.4) is 0 Å². The fourth-order valence-electron chi connectivity index (χ4n) is 1.01. The van der Waals surface area contributed by atoms with Crippen LogP contribution in [0.2, 0.25) is 0 Å². The predicted octanol–water partition coefficient (Wildman–Crippen LogP) is 2.00. The number of aromatic amines is 1. The van der Waals surface area contributed by atoms with Crippen molar-refractivity contribution >= 4 is 11.3 Å². The number of aryl methyl sites for hydroxylation is 1. The maximum Gasteiger partial charge on any atom is 0.357 e. The lowest BCUT2D eigenvalue weighted by Gasteiger charge is -1.85. The second-order valence-electron chi connectivity index (χ2n) is 2.53. The summed E-state index contributed by atoms with van der Waals surface area (Å²) in [6.45, 7) is 2.02. The molecule has 12 heavy (non-hydrogen) atoms. The molecule has 0 fully saturated rings. The number of thiophene rings is 1. The Balaban J connectivity index is 2.50. The van der Waals surface area contributed by atoms with Crippen LogP contribution >= 0.6 is 11.3 Å². The Labute approximate surface area is 72.6 Å². The highest BCUT2D eigenvalue weighted by Crippen LogP contribution is 2.22. The summed E-state index contributed by atoms with van der Waals surface area (Å²) >= 11 is 1.64. The van der Waals surface area contributed by atoms with E-state index in [1.165, 1.54) is 10.9 Å². The Bertz CT molecular complexity index is 438. The van der Waals surface area contributed by atoms with E-state index in [0.717, 1.165) is 11.3 Å². The SMILES string of the molecule is Cc1cc(-c2cc(=O)o[nH]2)cs1. The normalized spacial score (nSPS) is 10.4. The zero-order chi connectivity index (χ0) is 8.55. The van der Waals surface area contributed by atoms with Gasteiger partial charge in [0.25, 0.3) is 0 Å². The molecule has 2 aromatic rings. The van der Waals surface area contributed by atoms with E-state index in [1.54, 1.807) is 11.3 Å². The summed E-state index contributed by atoms with van der Waals surface area (Å²) in [5, 5.41) is 4.54. The van der Waals surface area contributed by atoms with Crippen molar-refractivity contribution < 1.29 is 4.52 Å². The molecule has 0 saturated carbocycles. The molecule has 4 heteroatoms. The van der Waals surface area contributed by atoms with Crippen LogP contribution < -0.4 is 5.63 Å². The van der Waals surface area contributed by atoms with Crippen LogP contribution in [0.25, 0.3) is 11.3 Å². The van der Waals surface area contributed by atoms with Crippen LogP contribution in [0.5, 0.6) is 0 Å². The van der Waals surface area contributed by atoms with E-state index in [-0.39, 0.29) is 5.63 Å². The molecule has 3 nitrogen and oxygen atoms in total. The van der Waals surface area contributed by atoms with Crippen molar-refractivity contribution in [2.24, 2.45) is 0 Å². The highest BCUT2D eigenvalue weighted by Gasteiger charge is 2.02. The fourth-order valence-corrected chi connectivity index (χ4v) is 1.71. The third kappa shape index (κ3) is 1.21. The molecule has 62 valence electrons. The van der Waals surface area contributed by atoms with E-state index in [1.807, 2.05) is 18.4 Å². The first-order valence-electron chi connectivity index (χ1n) is 3.50. The lowest BCUT2D eigenvalue weighted by Crippen LogP contribution is -1.85. The van der Waals surface area contributed by atoms with Crippen LogP contribution in [0.4, 0.5) is 0 Å². The summed E-state index contributed by atoms with van der Waals surface area (Å²) in [5.74, 6) is 0. The van der Waals surface area contributed by atoms with Crippen molar-refractivity contribution in [3.8, 4) is 11.3 Å². The van der Waals surface area contributed by atoms with Gasteiger partial charge in [0.2, 0.25) is 0 Å². The summed E-state index contributed by atoms with van der Waals surface area (Å²) in [4.78, 5) is 11.9. The Morgan fingerprint density at radius 1 is 1.50 bits per heavy atom. The molecule has 2 aromatic heterocycles. The molecule has 0 aliphatic heterocycles. The van der Waals surface area contributed by atoms with Crippen molar-refractivity contribution in [1.29, 1.82) is 0 Å². The van der Waals surface area contributed by atoms with Crippen LogP contribution in [0.15, 0.2) is 26.8 Å². The molecular formula is C8H7NO2S. The van der Waals surface area contributed by atoms with Crippen molar-refractivity contribution in [2.75, 3.05) is 0 Å². The van der Waals surface area contributed by atoms with Gasteiger partial charge in [-0.15, -0.1) is 11.3 Å². The average molecular weight is 181 g/mol. The van der Waals surface area contributed by atoms with Crippen molar-refractivity contribution in [3.05, 3.63) is 32.8 Å². The Hall–Kier alpha value is -1.29. The van der Waals surface area contributed by atoms with Gasteiger partial charge < -0.3 is 4.52 Å². The monoisotopic (exact) mass is 181 g/mol. The lowest BCUT2D eigenvalue weighted by atomic mass is 10.2. The molecule has 0 bridgehead atoms. The largest absolute Gasteiger partial charge is 0.357 e. The van der Waals surface area contributed by atoms with Gasteiger partial charge in [-0.1, -0.05) is 0 Å². The van der Waals surface area contributed by atoms with Crippen LogP contribution in [-0.2, 0) is 0 Å². The van der Waals surface area contributed by atoms with Crippen LogP contribution in [0, 0.1) is 6.92 Å². The molecule has 0 atom stereocenters. The third-order valence-electron chi connectivity index (χ3n) is 1.57. The number of nitrogens with one attached hydrogen (secondary N) is 1. The van der Waals surface area contributed by atoms with E-state index in [9.17, 15) is 4.79 Å². The second-order valence-corrected chi connectivity index (χ2v) is 3.64. The third-order valence-corrected chi connectivity index (χ3v) is 2.43. The van der Waals surface area contributed by atoms with Gasteiger partial charge >= 0.3 is 5.63 Å². The first-order valence-corrected chi connectivity index (χ1v) is 4.38. The summed E-state index contributed by atoms with van der Waals surface area (Å²) in [5.41, 5.74) is 1.40. The molecule has 0 unspecified atom stereocenters. The average Bonchev–Trinajstić information content (AvgIpc) is 2.58. The standard InChI is InChI=1S/C8H7NO2S/c1-5-2-6(4-12-5)7-3-8(10)11-9-7/h2-4,9H,1H3. The van der Waals surface area contributed by atoms with E-state index in [2.05, 4.69) is 9.68 Å². The van der Waals surface area contributed by atoms with Gasteiger partial charge in [0.05, 0.1) is 11.8 Å². The number of hydrogen-bond acceptors (Lipinski definition) is 3. The Morgan fingerprint density at radius 2 is 2.33 bits per heavy atom. The van der Waals surface area contributed by atoms with Crippen molar-refractivity contribution in [3.63, 3.8) is 0 Å². The summed E-state index contributed by atoms with van der Waals surface area (Å²) in [6, 6.07) is 3.45. The Kier molecular flexibility index (Phi) is 1.62. The van der Waals surface area contributed by atoms with Crippen molar-refractivity contribution in [2.45, 2.75) is 6.92 Å². The minimum absolute atomic E-state index is 0.339. The van der Waals surface area contributed by atoms with Gasteiger partial charge in [-0.2, -0.15) is 0 Å². The first-order chi connectivity index (χ1) is 5.75. The maximum absolute atomic E-state index is 10.7. The van der Waals surface area contributed by atoms with Crippen LogP contribution in [0.1, 0.15) is 4.88 Å². The molecule has 2 heterocycles. The van der Waals surface area contributed by atoms with Crippen molar-refractivity contribution in [1.82, 2.24) is 5.16 Å². The summed E-state index contributed by atoms with van der Waals surface area (Å²) in [6.07, 6.45) is 0. The number of H-pyrrole nitrogens is 1. The van der Waals surface area contributed by atoms with Gasteiger partial charge in [0.15, 0.2) is 0 Å². The highest BCUT2D eigenvalue weighted by atomic mass is 32.1. The zero-order valence-corrected chi connectivity index (χ0v) is 7.27. The first kappa shape index (κ1) is 7.36. The molecular weight excluding hydrogens is 174 g/mol. The van der Waals surface area contributed by atoms with E-state index in [0.29, 0.717) is 0 Å². The number of hydrogen-bond donors (Lipinski definition) is 1. The topological polar surface area (TPSA) is 46.0 Å². The maximum atomic E-state index is 10.7. The van der Waals surface area contributed by atoms with Gasteiger partial charge in [-0.05, 0) is 13.0 Å². The molecule has 0 saturated heterocycles. The molecule has 0 aromatic carbocycles. The van der Waals surface area contributed by atoms with E-state index in [4.69, 9.17) is 0 Å². The van der Waals surface area contributed by atoms with Crippen LogP contribution in [-0.4, -0.2) is 5.16 Å². The molecule has 0 aliphatic rings.